The molecule has 0 aliphatic heterocycles. The Balaban J connectivity index is 0.984. The summed E-state index contributed by atoms with van der Waals surface area (Å²) in [5.41, 5.74) is 16.0. The minimum atomic E-state index is -0.475. The number of nitrogens with one attached hydrogen (secondary N) is 5. The highest BCUT2D eigenvalue weighted by molar-refractivity contribution is 7.14. The smallest absolute Gasteiger partial charge is 0.314 e. The van der Waals surface area contributed by atoms with Crippen molar-refractivity contribution in [1.82, 2.24) is 65.3 Å². The number of aryl methyl sites for hydroxylation is 1. The van der Waals surface area contributed by atoms with Crippen molar-refractivity contribution in [1.29, 1.82) is 0 Å². The van der Waals surface area contributed by atoms with E-state index in [1.165, 1.54) is 24.7 Å². The second-order valence-electron chi connectivity index (χ2n) is 16.7. The normalized spacial score (nSPS) is 13.6. The van der Waals surface area contributed by atoms with E-state index >= 15 is 4.39 Å². The molecule has 1 aliphatic carbocycles. The standard InChI is InChI=1S/C48H36F2N16OS2/c1-23-39(60-45(57-23)41-30-10-26(17-56-44(30)64-62-41)28-15-54-22-55-16-28)32(13-51)43-35(12-38(50)69-43)66-21-27(25-9-29(18-52-14-25)58-48(67)24-5-3-2-4-6-24)11-31-42(63-65-47(31)66)46-59-34-20-53-19-33(40(34)61-46)36-7-8-37(49)68-36/h7-22,24H,2-6H2,1H3,(H6,51,53,56,57,58,59,60,61,62,63,64,67)/p+1. The molecule has 17 nitrogen and oxygen atoms in total. The molecule has 0 aromatic carbocycles. The number of carbonyl (C=O) groups excluding carboxylic acids is 1. The highest BCUT2D eigenvalue weighted by Crippen LogP contribution is 2.39. The molecule has 1 aliphatic rings. The number of carbonyl (C=O) groups is 1. The van der Waals surface area contributed by atoms with Gasteiger partial charge < -0.3 is 21.0 Å². The number of pyridine rings is 4. The summed E-state index contributed by atoms with van der Waals surface area (Å²) >= 11 is 1.92. The first kappa shape index (κ1) is 42.0. The Labute approximate surface area is 397 Å². The molecule has 0 bridgehead atoms. The number of nitrogens with zero attached hydrogens (tertiary/aromatic N) is 10. The van der Waals surface area contributed by atoms with E-state index in [-0.39, 0.29) is 17.0 Å². The van der Waals surface area contributed by atoms with Gasteiger partial charge in [0.25, 0.3) is 0 Å². The van der Waals surface area contributed by atoms with E-state index in [0.717, 1.165) is 65.9 Å². The van der Waals surface area contributed by atoms with Gasteiger partial charge in [-0.15, -0.1) is 27.8 Å². The molecule has 69 heavy (non-hydrogen) atoms. The number of amides is 1. The lowest BCUT2D eigenvalue weighted by molar-refractivity contribution is -0.568. The molecule has 0 atom stereocenters. The number of imidazole rings is 2. The van der Waals surface area contributed by atoms with E-state index in [9.17, 15) is 9.18 Å². The molecule has 340 valence electrons. The van der Waals surface area contributed by atoms with E-state index in [0.29, 0.717) is 111 Å². The van der Waals surface area contributed by atoms with Gasteiger partial charge in [-0.2, -0.15) is 18.4 Å². The van der Waals surface area contributed by atoms with Crippen molar-refractivity contribution in [2.75, 3.05) is 5.32 Å². The molecule has 11 aromatic rings. The van der Waals surface area contributed by atoms with Crippen molar-refractivity contribution in [2.45, 2.75) is 39.0 Å². The predicted octanol–water partition coefficient (Wildman–Crippen LogP) is 9.20. The molecule has 7 N–H and O–H groups in total. The van der Waals surface area contributed by atoms with Crippen LogP contribution in [0, 0.1) is 23.1 Å². The number of anilines is 1. The summed E-state index contributed by atoms with van der Waals surface area (Å²) in [7, 11) is 0. The number of fused-ring (bicyclic) bond motifs is 3. The van der Waals surface area contributed by atoms with Crippen LogP contribution in [0.4, 0.5) is 14.5 Å². The molecular formula is C48H37F2N16OS2+. The number of H-pyrrole nitrogens is 4. The fourth-order valence-corrected chi connectivity index (χ4v) is 10.7. The van der Waals surface area contributed by atoms with Gasteiger partial charge in [0, 0.05) is 93.1 Å². The minimum absolute atomic E-state index is 0.0270. The molecule has 1 saturated carbocycles. The Morgan fingerprint density at radius 1 is 0.797 bits per heavy atom. The van der Waals surface area contributed by atoms with Gasteiger partial charge in [-0.05, 0) is 50.1 Å². The van der Waals surface area contributed by atoms with Crippen molar-refractivity contribution >= 4 is 72.9 Å². The number of aromatic amines is 4. The Hall–Kier alpha value is -8.43. The molecule has 0 unspecified atom stereocenters. The SMILES string of the molecule is Cc1[nH]c(-c2n[nH]c3ncc(-c4cncnc4)cc23)nc1C(=CN)c1sc(F)cc1-[n+]1cc(-c2cncc(NC(=O)C3CCCCC3)c2)cc2c(-c3nc4c(-c5ccc(F)s5)cncc4[nH]3)n[nH]c21. The molecule has 11 heterocycles. The van der Waals surface area contributed by atoms with Gasteiger partial charge in [0.15, 0.2) is 38.9 Å². The zero-order valence-corrected chi connectivity index (χ0v) is 38.0. The molecule has 21 heteroatoms. The average molecular weight is 956 g/mol. The second kappa shape index (κ2) is 17.0. The monoisotopic (exact) mass is 955 g/mol. The number of hydrogen-bond acceptors (Lipinski definition) is 13. The third-order valence-electron chi connectivity index (χ3n) is 12.4. The van der Waals surface area contributed by atoms with Crippen LogP contribution in [0.5, 0.6) is 0 Å². The first-order valence-electron chi connectivity index (χ1n) is 21.9. The quantitative estimate of drug-likeness (QED) is 0.0707. The second-order valence-corrected chi connectivity index (χ2v) is 18.8. The fraction of sp³-hybridized carbons (Fsp3) is 0.146. The molecule has 12 rings (SSSR count). The lowest BCUT2D eigenvalue weighted by Crippen LogP contribution is -2.32. The molecule has 0 saturated heterocycles. The first-order chi connectivity index (χ1) is 33.8. The molecule has 1 amide bonds. The number of hydrogen-bond donors (Lipinski definition) is 6. The van der Waals surface area contributed by atoms with Crippen LogP contribution in [0.15, 0.2) is 98.5 Å². The Morgan fingerprint density at radius 2 is 1.57 bits per heavy atom. The van der Waals surface area contributed by atoms with Crippen molar-refractivity contribution in [2.24, 2.45) is 11.7 Å². The maximum Gasteiger partial charge on any atom is 0.314 e. The van der Waals surface area contributed by atoms with Crippen molar-refractivity contribution in [3.05, 3.63) is 125 Å². The van der Waals surface area contributed by atoms with Gasteiger partial charge in [-0.25, -0.2) is 24.9 Å². The Bertz CT molecular complexity index is 3800. The van der Waals surface area contributed by atoms with Gasteiger partial charge in [0.1, 0.15) is 29.1 Å². The molecule has 0 radical (unpaired) electrons. The average Bonchev–Trinajstić information content (AvgIpc) is 4.26. The van der Waals surface area contributed by atoms with Crippen LogP contribution in [0.3, 0.4) is 0 Å². The lowest BCUT2D eigenvalue weighted by atomic mass is 9.88. The van der Waals surface area contributed by atoms with Crippen molar-refractivity contribution < 1.29 is 18.1 Å². The Morgan fingerprint density at radius 3 is 2.39 bits per heavy atom. The summed E-state index contributed by atoms with van der Waals surface area (Å²) in [4.78, 5) is 53.1. The maximum atomic E-state index is 16.0. The highest BCUT2D eigenvalue weighted by Gasteiger charge is 2.30. The zero-order valence-electron chi connectivity index (χ0n) is 36.4. The summed E-state index contributed by atoms with van der Waals surface area (Å²) in [6.45, 7) is 1.86. The van der Waals surface area contributed by atoms with Crippen LogP contribution in [0.25, 0.3) is 100 Å². The van der Waals surface area contributed by atoms with Crippen LogP contribution >= 0.6 is 22.7 Å². The summed E-state index contributed by atoms with van der Waals surface area (Å²) in [6, 6.07) is 10.3. The zero-order chi connectivity index (χ0) is 46.8. The molecule has 1 fully saturated rings. The fourth-order valence-electron chi connectivity index (χ4n) is 9.06. The highest BCUT2D eigenvalue weighted by atomic mass is 32.1. The summed E-state index contributed by atoms with van der Waals surface area (Å²) in [5.74, 6) is 0.779. The van der Waals surface area contributed by atoms with Crippen LogP contribution in [-0.2, 0) is 4.79 Å². The van der Waals surface area contributed by atoms with Crippen LogP contribution < -0.4 is 15.6 Å². The summed E-state index contributed by atoms with van der Waals surface area (Å²) in [5, 5.41) is 19.2. The third kappa shape index (κ3) is 7.56. The first-order valence-corrected chi connectivity index (χ1v) is 23.6. The number of thiophene rings is 2. The minimum Gasteiger partial charge on any atom is -0.404 e. The number of aromatic nitrogens is 14. The van der Waals surface area contributed by atoms with Crippen molar-refractivity contribution in [3.8, 4) is 61.4 Å². The van der Waals surface area contributed by atoms with Crippen LogP contribution in [-0.4, -0.2) is 71.2 Å². The van der Waals surface area contributed by atoms with E-state index in [1.54, 1.807) is 49.4 Å². The largest absolute Gasteiger partial charge is 0.404 e. The van der Waals surface area contributed by atoms with E-state index < -0.39 is 5.13 Å². The van der Waals surface area contributed by atoms with Crippen LogP contribution in [0.1, 0.15) is 48.4 Å². The van der Waals surface area contributed by atoms with Gasteiger partial charge in [-0.3, -0.25) is 19.9 Å². The maximum absolute atomic E-state index is 16.0. The van der Waals surface area contributed by atoms with Gasteiger partial charge in [-0.1, -0.05) is 24.4 Å². The molecule has 11 aromatic heterocycles. The number of halogens is 2. The summed E-state index contributed by atoms with van der Waals surface area (Å²) < 4.78 is 32.1. The number of nitrogens with two attached hydrogens (primary N) is 1. The topological polar surface area (TPSA) is 238 Å². The third-order valence-corrected chi connectivity index (χ3v) is 14.2. The Kier molecular flexibility index (Phi) is 10.4. The summed E-state index contributed by atoms with van der Waals surface area (Å²) in [6.07, 6.45) is 21.4. The number of rotatable bonds is 10. The van der Waals surface area contributed by atoms with Crippen LogP contribution in [0.2, 0.25) is 0 Å². The lowest BCUT2D eigenvalue weighted by Gasteiger charge is -2.20. The van der Waals surface area contributed by atoms with Crippen molar-refractivity contribution in [3.63, 3.8) is 0 Å². The molecule has 0 spiro atoms. The van der Waals surface area contributed by atoms with E-state index in [1.807, 2.05) is 35.9 Å². The van der Waals surface area contributed by atoms with E-state index in [2.05, 4.69) is 55.5 Å². The van der Waals surface area contributed by atoms with Gasteiger partial charge in [0.05, 0.1) is 39.6 Å². The van der Waals surface area contributed by atoms with Gasteiger partial charge in [0.2, 0.25) is 5.91 Å². The predicted molar refractivity (Wildman–Crippen MR) is 259 cm³/mol. The molecular weight excluding hydrogens is 919 g/mol. The van der Waals surface area contributed by atoms with E-state index in [4.69, 9.17) is 20.8 Å². The van der Waals surface area contributed by atoms with Gasteiger partial charge >= 0.3 is 5.65 Å².